The van der Waals surface area contributed by atoms with Crippen molar-refractivity contribution < 1.29 is 14.4 Å². The van der Waals surface area contributed by atoms with E-state index in [1.54, 1.807) is 0 Å². The lowest BCUT2D eigenvalue weighted by Gasteiger charge is -2.09. The summed E-state index contributed by atoms with van der Waals surface area (Å²) in [6.45, 7) is 0.0624. The first-order valence-corrected chi connectivity index (χ1v) is 6.19. The smallest absolute Gasteiger partial charge is 0.273 e. The number of methoxy groups -OCH3 is 1. The molecule has 0 radical (unpaired) electrons. The van der Waals surface area contributed by atoms with E-state index in [0.717, 1.165) is 11.5 Å². The zero-order valence-corrected chi connectivity index (χ0v) is 11.3. The van der Waals surface area contributed by atoms with Gasteiger partial charge in [0.05, 0.1) is 18.1 Å². The maximum Gasteiger partial charge on any atom is 0.273 e. The number of hydrogen-bond acceptors (Lipinski definition) is 7. The highest BCUT2D eigenvalue weighted by Gasteiger charge is 2.14. The molecule has 0 unspecified atom stereocenters. The Bertz CT molecular complexity index is 604. The Hall–Kier alpha value is -1.93. The summed E-state index contributed by atoms with van der Waals surface area (Å²) in [7, 11) is 1.45. The van der Waals surface area contributed by atoms with Gasteiger partial charge in [-0.3, -0.25) is 10.1 Å². The molecule has 0 saturated heterocycles. The number of nitro benzene ring substituents is 1. The van der Waals surface area contributed by atoms with Gasteiger partial charge >= 0.3 is 0 Å². The molecule has 19 heavy (non-hydrogen) atoms. The van der Waals surface area contributed by atoms with E-state index in [1.807, 2.05) is 0 Å². The fourth-order valence-corrected chi connectivity index (χ4v) is 1.92. The molecule has 0 fully saturated rings. The van der Waals surface area contributed by atoms with Crippen molar-refractivity contribution in [3.8, 4) is 11.5 Å². The Labute approximate surface area is 117 Å². The fraction of sp³-hybridized carbons (Fsp3) is 0.200. The van der Waals surface area contributed by atoms with Gasteiger partial charge in [0.25, 0.3) is 5.69 Å². The third-order valence-electron chi connectivity index (χ3n) is 2.23. The molecule has 1 aromatic carbocycles. The molecule has 0 amide bonds. The number of hydrogen-bond donors (Lipinski definition) is 0. The molecular weight excluding hydrogens is 294 g/mol. The quantitative estimate of drug-likeness (QED) is 0.623. The van der Waals surface area contributed by atoms with Crippen molar-refractivity contribution in [3.63, 3.8) is 0 Å². The summed E-state index contributed by atoms with van der Waals surface area (Å²) < 4.78 is 14.6. The average Bonchev–Trinajstić information content (AvgIpc) is 2.81. The van der Waals surface area contributed by atoms with E-state index in [1.165, 1.54) is 25.3 Å². The lowest BCUT2D eigenvalue weighted by molar-refractivity contribution is -0.385. The summed E-state index contributed by atoms with van der Waals surface area (Å²) in [5.41, 5.74) is 0.388. The van der Waals surface area contributed by atoms with Gasteiger partial charge in [-0.15, -0.1) is 5.10 Å². The highest BCUT2D eigenvalue weighted by Crippen LogP contribution is 2.32. The van der Waals surface area contributed by atoms with Crippen molar-refractivity contribution in [1.29, 1.82) is 0 Å². The molecule has 0 aliphatic heterocycles. The summed E-state index contributed by atoms with van der Waals surface area (Å²) in [4.78, 5) is 10.2. The monoisotopic (exact) mass is 301 g/mol. The molecule has 1 heterocycles. The van der Waals surface area contributed by atoms with Crippen LogP contribution in [0.15, 0.2) is 18.2 Å². The van der Waals surface area contributed by atoms with Crippen LogP contribution in [0.2, 0.25) is 4.34 Å². The number of nitro groups is 1. The van der Waals surface area contributed by atoms with Crippen LogP contribution >= 0.6 is 23.1 Å². The van der Waals surface area contributed by atoms with Crippen LogP contribution in [0.1, 0.15) is 5.69 Å². The van der Waals surface area contributed by atoms with Gasteiger partial charge in [0.1, 0.15) is 16.6 Å². The van der Waals surface area contributed by atoms with Crippen molar-refractivity contribution in [2.24, 2.45) is 0 Å². The predicted molar refractivity (Wildman–Crippen MR) is 68.9 cm³/mol. The molecule has 0 aliphatic rings. The molecule has 0 bridgehead atoms. The van der Waals surface area contributed by atoms with Crippen molar-refractivity contribution in [2.45, 2.75) is 6.61 Å². The molecule has 2 rings (SSSR count). The highest BCUT2D eigenvalue weighted by atomic mass is 35.5. The lowest BCUT2D eigenvalue weighted by Crippen LogP contribution is -1.99. The van der Waals surface area contributed by atoms with Crippen LogP contribution < -0.4 is 9.47 Å². The molecule has 7 nitrogen and oxygen atoms in total. The van der Waals surface area contributed by atoms with Crippen molar-refractivity contribution in [2.75, 3.05) is 7.11 Å². The predicted octanol–water partition coefficient (Wildman–Crippen LogP) is 2.69. The number of aromatic nitrogens is 2. The maximum absolute atomic E-state index is 10.7. The number of ether oxygens (including phenoxy) is 2. The average molecular weight is 302 g/mol. The second kappa shape index (κ2) is 5.81. The summed E-state index contributed by atoms with van der Waals surface area (Å²) in [5.74, 6) is 0.644. The zero-order valence-electron chi connectivity index (χ0n) is 9.70. The molecular formula is C10H8ClN3O4S. The van der Waals surface area contributed by atoms with E-state index < -0.39 is 4.92 Å². The van der Waals surface area contributed by atoms with Crippen molar-refractivity contribution >= 4 is 28.8 Å². The second-order valence-corrected chi connectivity index (χ2v) is 4.73. The first-order valence-electron chi connectivity index (χ1n) is 5.03. The van der Waals surface area contributed by atoms with Crippen LogP contribution in [0.4, 0.5) is 5.69 Å². The van der Waals surface area contributed by atoms with Crippen LogP contribution in [0.5, 0.6) is 11.5 Å². The topological polar surface area (TPSA) is 87.4 Å². The van der Waals surface area contributed by atoms with Gasteiger partial charge in [0.2, 0.25) is 0 Å². The van der Waals surface area contributed by atoms with E-state index in [4.69, 9.17) is 21.1 Å². The summed E-state index contributed by atoms with van der Waals surface area (Å²) >= 11 is 6.88. The van der Waals surface area contributed by atoms with E-state index in [0.29, 0.717) is 15.8 Å². The van der Waals surface area contributed by atoms with Crippen LogP contribution in [0.25, 0.3) is 0 Å². The van der Waals surface area contributed by atoms with Crippen LogP contribution in [-0.2, 0) is 6.61 Å². The van der Waals surface area contributed by atoms with Gasteiger partial charge in [-0.2, -0.15) is 0 Å². The molecule has 1 aromatic heterocycles. The number of benzene rings is 1. The van der Waals surface area contributed by atoms with Gasteiger partial charge in [-0.1, -0.05) is 16.1 Å². The van der Waals surface area contributed by atoms with Gasteiger partial charge in [-0.05, 0) is 6.07 Å². The molecule has 100 valence electrons. The molecule has 9 heteroatoms. The third-order valence-corrected chi connectivity index (χ3v) is 3.22. The van der Waals surface area contributed by atoms with E-state index in [2.05, 4.69) is 9.59 Å². The van der Waals surface area contributed by atoms with E-state index in [9.17, 15) is 10.1 Å². The Morgan fingerprint density at radius 2 is 2.26 bits per heavy atom. The SMILES string of the molecule is COc1ccc([N+](=O)[O-])cc1OCc1nnsc1Cl. The van der Waals surface area contributed by atoms with E-state index >= 15 is 0 Å². The minimum atomic E-state index is -0.510. The van der Waals surface area contributed by atoms with Gasteiger partial charge in [0, 0.05) is 17.6 Å². The maximum atomic E-state index is 10.7. The largest absolute Gasteiger partial charge is 0.493 e. The first-order chi connectivity index (χ1) is 9.11. The number of rotatable bonds is 5. The number of nitrogens with zero attached hydrogens (tertiary/aromatic N) is 3. The Morgan fingerprint density at radius 1 is 1.47 bits per heavy atom. The first kappa shape index (κ1) is 13.5. The Morgan fingerprint density at radius 3 is 2.84 bits per heavy atom. The van der Waals surface area contributed by atoms with Crippen LogP contribution in [0.3, 0.4) is 0 Å². The molecule has 2 aromatic rings. The highest BCUT2D eigenvalue weighted by molar-refractivity contribution is 7.10. The minimum Gasteiger partial charge on any atom is -0.493 e. The second-order valence-electron chi connectivity index (χ2n) is 3.37. The van der Waals surface area contributed by atoms with Crippen molar-refractivity contribution in [1.82, 2.24) is 9.59 Å². The van der Waals surface area contributed by atoms with Gasteiger partial charge < -0.3 is 9.47 Å². The van der Waals surface area contributed by atoms with Crippen LogP contribution in [0, 0.1) is 10.1 Å². The Balaban J connectivity index is 2.20. The summed E-state index contributed by atoms with van der Waals surface area (Å²) in [5, 5.41) is 14.5. The summed E-state index contributed by atoms with van der Waals surface area (Å²) in [6, 6.07) is 4.09. The van der Waals surface area contributed by atoms with Crippen LogP contribution in [-0.4, -0.2) is 21.6 Å². The molecule has 0 N–H and O–H groups in total. The van der Waals surface area contributed by atoms with Gasteiger partial charge in [0.15, 0.2) is 11.5 Å². The third kappa shape index (κ3) is 3.09. The number of non-ortho nitro benzene ring substituents is 1. The minimum absolute atomic E-state index is 0.0624. The van der Waals surface area contributed by atoms with E-state index in [-0.39, 0.29) is 18.0 Å². The molecule has 0 atom stereocenters. The zero-order chi connectivity index (χ0) is 13.8. The molecule has 0 saturated carbocycles. The normalized spacial score (nSPS) is 10.2. The fourth-order valence-electron chi connectivity index (χ4n) is 1.32. The Kier molecular flexibility index (Phi) is 4.13. The lowest BCUT2D eigenvalue weighted by atomic mass is 10.3. The standard InChI is InChI=1S/C10H8ClN3O4S/c1-17-8-3-2-6(14(15)16)4-9(8)18-5-7-10(11)19-13-12-7/h2-4H,5H2,1H3. The summed E-state index contributed by atoms with van der Waals surface area (Å²) in [6.07, 6.45) is 0. The van der Waals surface area contributed by atoms with Gasteiger partial charge in [-0.25, -0.2) is 0 Å². The molecule has 0 aliphatic carbocycles. The molecule has 0 spiro atoms. The number of halogens is 1. The van der Waals surface area contributed by atoms with Crippen molar-refractivity contribution in [3.05, 3.63) is 38.3 Å².